The zero-order valence-electron chi connectivity index (χ0n) is 16.3. The maximum absolute atomic E-state index is 13.2. The number of benzene rings is 1. The Hall–Kier alpha value is -2.07. The number of nitrogens with zero attached hydrogens (tertiary/aromatic N) is 2. The van der Waals surface area contributed by atoms with E-state index in [0.29, 0.717) is 18.0 Å². The summed E-state index contributed by atoms with van der Waals surface area (Å²) in [6, 6.07) is 9.87. The number of likely N-dealkylation sites (tertiary alicyclic amines) is 1. The first-order valence-corrected chi connectivity index (χ1v) is 9.66. The zero-order valence-corrected chi connectivity index (χ0v) is 16.3. The normalized spacial score (nSPS) is 17.4. The molecule has 1 N–H and O–H groups in total. The molecule has 1 aliphatic heterocycles. The Morgan fingerprint density at radius 3 is 2.35 bits per heavy atom. The molecule has 26 heavy (non-hydrogen) atoms. The third-order valence-electron chi connectivity index (χ3n) is 5.69. The van der Waals surface area contributed by atoms with Crippen LogP contribution in [0.4, 0.5) is 0 Å². The Kier molecular flexibility index (Phi) is 5.52. The molecule has 3 rings (SSSR count). The van der Waals surface area contributed by atoms with Crippen molar-refractivity contribution in [1.82, 2.24) is 9.47 Å². The van der Waals surface area contributed by atoms with Crippen LogP contribution in [0.2, 0.25) is 0 Å². The molecule has 0 spiro atoms. The lowest BCUT2D eigenvalue weighted by Gasteiger charge is -2.37. The van der Waals surface area contributed by atoms with Gasteiger partial charge in [-0.05, 0) is 64.3 Å². The van der Waals surface area contributed by atoms with Crippen LogP contribution in [0.1, 0.15) is 55.1 Å². The fourth-order valence-corrected chi connectivity index (χ4v) is 4.01. The maximum Gasteiger partial charge on any atom is 0.259 e. The van der Waals surface area contributed by atoms with Crippen LogP contribution in [0, 0.1) is 19.8 Å². The summed E-state index contributed by atoms with van der Waals surface area (Å²) in [5.41, 5.74) is 3.50. The molecule has 0 aliphatic carbocycles. The molecule has 1 aromatic heterocycles. The molecule has 140 valence electrons. The van der Waals surface area contributed by atoms with Crippen molar-refractivity contribution < 1.29 is 5.11 Å². The summed E-state index contributed by atoms with van der Waals surface area (Å²) in [7, 11) is 0. The van der Waals surface area contributed by atoms with Crippen LogP contribution < -0.4 is 5.56 Å². The van der Waals surface area contributed by atoms with Crippen molar-refractivity contribution >= 4 is 0 Å². The van der Waals surface area contributed by atoms with Gasteiger partial charge in [0.05, 0.1) is 11.6 Å². The lowest BCUT2D eigenvalue weighted by Crippen LogP contribution is -2.40. The fourth-order valence-electron chi connectivity index (χ4n) is 4.01. The summed E-state index contributed by atoms with van der Waals surface area (Å²) in [4.78, 5) is 15.6. The number of aromatic nitrogens is 1. The van der Waals surface area contributed by atoms with Gasteiger partial charge < -0.3 is 9.67 Å². The van der Waals surface area contributed by atoms with Gasteiger partial charge in [-0.3, -0.25) is 9.69 Å². The number of aryl methyl sites for hydroxylation is 2. The van der Waals surface area contributed by atoms with Crippen LogP contribution in [0.25, 0.3) is 0 Å². The van der Waals surface area contributed by atoms with E-state index in [1.165, 1.54) is 5.56 Å². The topological polar surface area (TPSA) is 45.5 Å². The number of pyridine rings is 1. The number of hydrogen-bond acceptors (Lipinski definition) is 3. The molecule has 4 heteroatoms. The largest absolute Gasteiger partial charge is 0.507 e. The minimum atomic E-state index is -0.200. The predicted molar refractivity (Wildman–Crippen MR) is 106 cm³/mol. The van der Waals surface area contributed by atoms with Gasteiger partial charge in [0.25, 0.3) is 5.56 Å². The quantitative estimate of drug-likeness (QED) is 0.902. The molecule has 0 amide bonds. The Morgan fingerprint density at radius 2 is 1.77 bits per heavy atom. The highest BCUT2D eigenvalue weighted by Gasteiger charge is 2.30. The monoisotopic (exact) mass is 354 g/mol. The highest BCUT2D eigenvalue weighted by molar-refractivity contribution is 5.41. The third-order valence-corrected chi connectivity index (χ3v) is 5.69. The highest BCUT2D eigenvalue weighted by Crippen LogP contribution is 2.35. The zero-order chi connectivity index (χ0) is 18.8. The van der Waals surface area contributed by atoms with Crippen LogP contribution in [0.15, 0.2) is 35.1 Å². The van der Waals surface area contributed by atoms with E-state index in [0.717, 1.165) is 37.2 Å². The summed E-state index contributed by atoms with van der Waals surface area (Å²) in [5.74, 6) is 0.824. The standard InChI is InChI=1S/C22H30N2O2/c1-5-24-17(4)14-19(25)20(22(24)26)21(18-8-6-15(2)7-9-18)23-12-10-16(3)11-13-23/h6-9,14,16,21,25H,5,10-13H2,1-4H3/t21-/m0/s1. The molecule has 1 aliphatic rings. The van der Waals surface area contributed by atoms with E-state index >= 15 is 0 Å². The van der Waals surface area contributed by atoms with Gasteiger partial charge in [0, 0.05) is 12.2 Å². The van der Waals surface area contributed by atoms with Crippen molar-refractivity contribution in [2.75, 3.05) is 13.1 Å². The summed E-state index contributed by atoms with van der Waals surface area (Å²) >= 11 is 0. The smallest absolute Gasteiger partial charge is 0.259 e. The molecule has 2 heterocycles. The van der Waals surface area contributed by atoms with Crippen molar-refractivity contribution in [3.8, 4) is 5.75 Å². The minimum Gasteiger partial charge on any atom is -0.507 e. The van der Waals surface area contributed by atoms with Crippen LogP contribution in [-0.2, 0) is 6.54 Å². The third kappa shape index (κ3) is 3.56. The Morgan fingerprint density at radius 1 is 1.15 bits per heavy atom. The minimum absolute atomic E-state index is 0.0748. The number of aromatic hydroxyl groups is 1. The number of piperidine rings is 1. The molecule has 0 bridgehead atoms. The predicted octanol–water partition coefficient (Wildman–Crippen LogP) is 4.01. The van der Waals surface area contributed by atoms with Gasteiger partial charge in [0.2, 0.25) is 0 Å². The average Bonchev–Trinajstić information content (AvgIpc) is 2.61. The van der Waals surface area contributed by atoms with Gasteiger partial charge >= 0.3 is 0 Å². The summed E-state index contributed by atoms with van der Waals surface area (Å²) in [6.45, 7) is 10.7. The van der Waals surface area contributed by atoms with Crippen LogP contribution in [0.3, 0.4) is 0 Å². The molecular formula is C22H30N2O2. The summed E-state index contributed by atoms with van der Waals surface area (Å²) in [6.07, 6.45) is 2.24. The van der Waals surface area contributed by atoms with E-state index in [1.807, 2.05) is 13.8 Å². The molecule has 1 aromatic carbocycles. The molecule has 1 atom stereocenters. The van der Waals surface area contributed by atoms with Crippen molar-refractivity contribution in [2.45, 2.75) is 53.1 Å². The van der Waals surface area contributed by atoms with Crippen LogP contribution >= 0.6 is 0 Å². The lowest BCUT2D eigenvalue weighted by atomic mass is 9.91. The molecule has 0 unspecified atom stereocenters. The van der Waals surface area contributed by atoms with Gasteiger partial charge in [-0.25, -0.2) is 0 Å². The first-order chi connectivity index (χ1) is 12.4. The highest BCUT2D eigenvalue weighted by atomic mass is 16.3. The Labute approximate surface area is 156 Å². The molecular weight excluding hydrogens is 324 g/mol. The van der Waals surface area contributed by atoms with E-state index in [2.05, 4.69) is 43.0 Å². The van der Waals surface area contributed by atoms with E-state index in [4.69, 9.17) is 0 Å². The Bertz CT molecular complexity index is 815. The van der Waals surface area contributed by atoms with Crippen LogP contribution in [-0.4, -0.2) is 27.7 Å². The van der Waals surface area contributed by atoms with Gasteiger partial charge in [0.1, 0.15) is 5.75 Å². The lowest BCUT2D eigenvalue weighted by molar-refractivity contribution is 0.154. The van der Waals surface area contributed by atoms with Gasteiger partial charge in [-0.2, -0.15) is 0 Å². The molecule has 2 aromatic rings. The van der Waals surface area contributed by atoms with Crippen LogP contribution in [0.5, 0.6) is 5.75 Å². The molecule has 0 saturated carbocycles. The van der Waals surface area contributed by atoms with E-state index in [1.54, 1.807) is 10.6 Å². The summed E-state index contributed by atoms with van der Waals surface area (Å²) in [5, 5.41) is 10.7. The maximum atomic E-state index is 13.2. The van der Waals surface area contributed by atoms with Crippen molar-refractivity contribution in [2.24, 2.45) is 5.92 Å². The van der Waals surface area contributed by atoms with Gasteiger partial charge in [0.15, 0.2) is 0 Å². The van der Waals surface area contributed by atoms with E-state index < -0.39 is 0 Å². The first kappa shape index (κ1) is 18.7. The average molecular weight is 354 g/mol. The van der Waals surface area contributed by atoms with Gasteiger partial charge in [-0.15, -0.1) is 0 Å². The molecule has 0 radical (unpaired) electrons. The molecule has 1 fully saturated rings. The first-order valence-electron chi connectivity index (χ1n) is 9.66. The molecule has 1 saturated heterocycles. The number of hydrogen-bond donors (Lipinski definition) is 1. The van der Waals surface area contributed by atoms with E-state index in [-0.39, 0.29) is 17.4 Å². The second kappa shape index (κ2) is 7.67. The second-order valence-electron chi connectivity index (χ2n) is 7.67. The van der Waals surface area contributed by atoms with Crippen molar-refractivity contribution in [1.29, 1.82) is 0 Å². The van der Waals surface area contributed by atoms with E-state index in [9.17, 15) is 9.90 Å². The Balaban J connectivity index is 2.15. The second-order valence-corrected chi connectivity index (χ2v) is 7.67. The number of rotatable bonds is 4. The van der Waals surface area contributed by atoms with Crippen molar-refractivity contribution in [3.05, 3.63) is 63.1 Å². The SMILES string of the molecule is CCn1c(C)cc(O)c([C@H](c2ccc(C)cc2)N2CCC(C)CC2)c1=O. The summed E-state index contributed by atoms with van der Waals surface area (Å²) < 4.78 is 1.75. The van der Waals surface area contributed by atoms with Gasteiger partial charge in [-0.1, -0.05) is 36.8 Å². The molecule has 4 nitrogen and oxygen atoms in total. The fraction of sp³-hybridized carbons (Fsp3) is 0.500. The van der Waals surface area contributed by atoms with Crippen molar-refractivity contribution in [3.63, 3.8) is 0 Å².